The Morgan fingerprint density at radius 3 is 2.35 bits per heavy atom. The van der Waals surface area contributed by atoms with Crippen LogP contribution in [-0.2, 0) is 21.4 Å². The smallest absolute Gasteiger partial charge is 0.269 e. The van der Waals surface area contributed by atoms with Crippen molar-refractivity contribution in [3.63, 3.8) is 0 Å². The van der Waals surface area contributed by atoms with Gasteiger partial charge in [0, 0.05) is 18.2 Å². The van der Waals surface area contributed by atoms with Gasteiger partial charge in [0.1, 0.15) is 0 Å². The molecule has 0 atom stereocenters. The van der Waals surface area contributed by atoms with Crippen LogP contribution in [0.1, 0.15) is 15.9 Å². The summed E-state index contributed by atoms with van der Waals surface area (Å²) in [6.45, 7) is -0.0375. The second-order valence-electron chi connectivity index (χ2n) is 6.73. The number of benzene rings is 2. The summed E-state index contributed by atoms with van der Waals surface area (Å²) >= 11 is 0. The van der Waals surface area contributed by atoms with Gasteiger partial charge in [-0.15, -0.1) is 10.2 Å². The summed E-state index contributed by atoms with van der Waals surface area (Å²) in [5.41, 5.74) is 6.46. The highest BCUT2D eigenvalue weighted by atomic mass is 32.2. The first kappa shape index (κ1) is 22.1. The highest BCUT2D eigenvalue weighted by molar-refractivity contribution is 7.88. The van der Waals surface area contributed by atoms with Crippen molar-refractivity contribution in [1.82, 2.24) is 35.4 Å². The number of tetrazole rings is 1. The van der Waals surface area contributed by atoms with Gasteiger partial charge in [-0.25, -0.2) is 8.42 Å². The third kappa shape index (κ3) is 6.17. The first-order chi connectivity index (χ1) is 14.7. The van der Waals surface area contributed by atoms with Crippen LogP contribution in [-0.4, -0.2) is 64.6 Å². The third-order valence-corrected chi connectivity index (χ3v) is 5.53. The minimum atomic E-state index is -3.49. The Morgan fingerprint density at radius 2 is 1.71 bits per heavy atom. The van der Waals surface area contributed by atoms with E-state index in [9.17, 15) is 18.0 Å². The van der Waals surface area contributed by atoms with Crippen LogP contribution in [0.15, 0.2) is 54.6 Å². The van der Waals surface area contributed by atoms with E-state index in [1.807, 2.05) is 30.3 Å². The fourth-order valence-corrected chi connectivity index (χ4v) is 2.85. The molecule has 0 aliphatic carbocycles. The lowest BCUT2D eigenvalue weighted by Gasteiger charge is -2.14. The summed E-state index contributed by atoms with van der Waals surface area (Å²) in [4.78, 5) is 25.4. The number of hydrazine groups is 1. The number of carbonyl (C=O) groups excluding carboxylic acids is 2. The van der Waals surface area contributed by atoms with Crippen LogP contribution in [0.2, 0.25) is 0 Å². The Morgan fingerprint density at radius 1 is 1.03 bits per heavy atom. The lowest BCUT2D eigenvalue weighted by molar-refractivity contribution is -0.121. The summed E-state index contributed by atoms with van der Waals surface area (Å²) in [7, 11) is -2.22. The zero-order chi connectivity index (χ0) is 22.4. The van der Waals surface area contributed by atoms with Crippen molar-refractivity contribution in [2.75, 3.05) is 19.8 Å². The Bertz CT molecular complexity index is 1160. The van der Waals surface area contributed by atoms with Gasteiger partial charge in [0.2, 0.25) is 15.8 Å². The average Bonchev–Trinajstić information content (AvgIpc) is 3.21. The molecule has 11 nitrogen and oxygen atoms in total. The van der Waals surface area contributed by atoms with E-state index in [1.54, 1.807) is 24.3 Å². The molecule has 1 heterocycles. The summed E-state index contributed by atoms with van der Waals surface area (Å²) in [5, 5.41) is 12.4. The molecular formula is C19H21N7O4S. The molecule has 0 bridgehead atoms. The number of amides is 2. The van der Waals surface area contributed by atoms with Crippen molar-refractivity contribution in [3.05, 3.63) is 65.7 Å². The molecule has 1 aromatic heterocycles. The van der Waals surface area contributed by atoms with E-state index in [2.05, 4.69) is 26.3 Å². The van der Waals surface area contributed by atoms with Crippen molar-refractivity contribution in [2.24, 2.45) is 0 Å². The van der Waals surface area contributed by atoms with Gasteiger partial charge in [-0.3, -0.25) is 20.4 Å². The molecule has 12 heteroatoms. The molecule has 0 fully saturated rings. The van der Waals surface area contributed by atoms with Crippen LogP contribution in [0, 0.1) is 0 Å². The molecule has 0 aliphatic heterocycles. The number of hydrogen-bond acceptors (Lipinski definition) is 7. The van der Waals surface area contributed by atoms with Crippen molar-refractivity contribution in [1.29, 1.82) is 0 Å². The molecule has 0 radical (unpaired) electrons. The predicted octanol–water partition coefficient (Wildman–Crippen LogP) is 0.0408. The number of sulfonamides is 1. The van der Waals surface area contributed by atoms with Crippen molar-refractivity contribution < 1.29 is 18.0 Å². The number of carbonyl (C=O) groups is 2. The van der Waals surface area contributed by atoms with Crippen LogP contribution in [0.3, 0.4) is 0 Å². The topological polar surface area (TPSA) is 139 Å². The van der Waals surface area contributed by atoms with Gasteiger partial charge in [-0.1, -0.05) is 42.5 Å². The maximum absolute atomic E-state index is 12.2. The van der Waals surface area contributed by atoms with Crippen molar-refractivity contribution >= 4 is 21.8 Å². The highest BCUT2D eigenvalue weighted by Gasteiger charge is 2.16. The van der Waals surface area contributed by atoms with Gasteiger partial charge >= 0.3 is 0 Å². The average molecular weight is 443 g/mol. The fourth-order valence-electron chi connectivity index (χ4n) is 2.50. The normalized spacial score (nSPS) is 11.3. The Kier molecular flexibility index (Phi) is 6.72. The second kappa shape index (κ2) is 9.45. The molecule has 0 aliphatic rings. The first-order valence-electron chi connectivity index (χ1n) is 9.15. The van der Waals surface area contributed by atoms with Gasteiger partial charge < -0.3 is 0 Å². The van der Waals surface area contributed by atoms with Gasteiger partial charge in [-0.2, -0.15) is 9.10 Å². The number of aromatic nitrogens is 4. The van der Waals surface area contributed by atoms with E-state index in [1.165, 1.54) is 11.8 Å². The van der Waals surface area contributed by atoms with Crippen molar-refractivity contribution in [3.8, 4) is 11.4 Å². The number of hydrogen-bond donors (Lipinski definition) is 2. The summed E-state index contributed by atoms with van der Waals surface area (Å²) in [6.07, 6.45) is 0.984. The summed E-state index contributed by atoms with van der Waals surface area (Å²) in [5.74, 6) is -0.676. The molecule has 3 rings (SSSR count). The molecule has 162 valence electrons. The molecule has 0 unspecified atom stereocenters. The van der Waals surface area contributed by atoms with Crippen LogP contribution in [0.4, 0.5) is 0 Å². The number of likely N-dealkylation sites (N-methyl/N-ethyl adjacent to an activating group) is 1. The standard InChI is InChI=1S/C19H21N7O4S/c1-25(31(2,29)30)13-17(27)20-22-19(28)16-10-8-14(9-11-16)12-26-23-18(21-24-26)15-6-4-3-5-7-15/h3-11H,12-13H2,1-2H3,(H,20,27)(H,22,28). The van der Waals surface area contributed by atoms with E-state index in [0.29, 0.717) is 17.9 Å². The highest BCUT2D eigenvalue weighted by Crippen LogP contribution is 2.12. The monoisotopic (exact) mass is 443 g/mol. The lowest BCUT2D eigenvalue weighted by atomic mass is 10.1. The number of nitrogens with zero attached hydrogens (tertiary/aromatic N) is 5. The van der Waals surface area contributed by atoms with Gasteiger partial charge in [0.25, 0.3) is 11.8 Å². The quantitative estimate of drug-likeness (QED) is 0.492. The molecular weight excluding hydrogens is 422 g/mol. The van der Waals surface area contributed by atoms with E-state index < -0.39 is 28.4 Å². The molecule has 0 saturated heterocycles. The minimum Gasteiger partial charge on any atom is -0.272 e. The van der Waals surface area contributed by atoms with Gasteiger partial charge in [0.05, 0.1) is 19.3 Å². The van der Waals surface area contributed by atoms with Gasteiger partial charge in [-0.05, 0) is 22.9 Å². The molecule has 0 spiro atoms. The van der Waals surface area contributed by atoms with E-state index in [0.717, 1.165) is 21.7 Å². The zero-order valence-electron chi connectivity index (χ0n) is 16.9. The SMILES string of the molecule is CN(CC(=O)NNC(=O)c1ccc(Cn2nnc(-c3ccccc3)n2)cc1)S(C)(=O)=O. The Balaban J connectivity index is 1.53. The predicted molar refractivity (Wildman–Crippen MR) is 112 cm³/mol. The van der Waals surface area contributed by atoms with Crippen LogP contribution in [0.25, 0.3) is 11.4 Å². The lowest BCUT2D eigenvalue weighted by Crippen LogP contribution is -2.46. The molecule has 0 saturated carbocycles. The maximum atomic E-state index is 12.2. The van der Waals surface area contributed by atoms with Crippen LogP contribution >= 0.6 is 0 Å². The summed E-state index contributed by atoms with van der Waals surface area (Å²) < 4.78 is 23.5. The minimum absolute atomic E-state index is 0.317. The third-order valence-electron chi connectivity index (χ3n) is 4.27. The van der Waals surface area contributed by atoms with Crippen LogP contribution < -0.4 is 10.9 Å². The Labute approximate surface area is 179 Å². The molecule has 31 heavy (non-hydrogen) atoms. The van der Waals surface area contributed by atoms with Crippen molar-refractivity contribution in [2.45, 2.75) is 6.54 Å². The van der Waals surface area contributed by atoms with E-state index >= 15 is 0 Å². The van der Waals surface area contributed by atoms with E-state index in [-0.39, 0.29) is 0 Å². The van der Waals surface area contributed by atoms with E-state index in [4.69, 9.17) is 0 Å². The number of nitrogens with one attached hydrogen (secondary N) is 2. The maximum Gasteiger partial charge on any atom is 0.269 e. The molecule has 2 aromatic carbocycles. The van der Waals surface area contributed by atoms with Crippen LogP contribution in [0.5, 0.6) is 0 Å². The molecule has 3 aromatic rings. The Hall–Kier alpha value is -3.64. The second-order valence-corrected chi connectivity index (χ2v) is 8.82. The van der Waals surface area contributed by atoms with Gasteiger partial charge in [0.15, 0.2) is 0 Å². The molecule has 2 N–H and O–H groups in total. The fraction of sp³-hybridized carbons (Fsp3) is 0.211. The molecule has 2 amide bonds. The number of rotatable bonds is 7. The summed E-state index contributed by atoms with van der Waals surface area (Å²) in [6, 6.07) is 16.1. The largest absolute Gasteiger partial charge is 0.272 e. The first-order valence-corrected chi connectivity index (χ1v) is 11.0. The zero-order valence-corrected chi connectivity index (χ0v) is 17.7.